The van der Waals surface area contributed by atoms with E-state index in [1.807, 2.05) is 18.2 Å². The number of hydrogen-bond acceptors (Lipinski definition) is 7. The second-order valence-corrected chi connectivity index (χ2v) is 7.04. The molecule has 0 radical (unpaired) electrons. The SMILES string of the molecule is O=C(Nc1nc(-c2ccc3c(c2)OCCO3)cs1)c1ccc(Cl)c([N+](=O)[O-])c1. The van der Waals surface area contributed by atoms with Gasteiger partial charge in [-0.2, -0.15) is 0 Å². The van der Waals surface area contributed by atoms with Crippen molar-refractivity contribution in [3.05, 3.63) is 62.5 Å². The van der Waals surface area contributed by atoms with Crippen molar-refractivity contribution in [1.29, 1.82) is 0 Å². The molecule has 0 unspecified atom stereocenters. The Morgan fingerprint density at radius 2 is 1.96 bits per heavy atom. The van der Waals surface area contributed by atoms with Gasteiger partial charge in [-0.3, -0.25) is 20.2 Å². The molecule has 2 heterocycles. The molecule has 10 heteroatoms. The third kappa shape index (κ3) is 3.62. The van der Waals surface area contributed by atoms with Crippen molar-refractivity contribution in [2.45, 2.75) is 0 Å². The van der Waals surface area contributed by atoms with E-state index in [4.69, 9.17) is 21.1 Å². The van der Waals surface area contributed by atoms with Crippen LogP contribution in [0, 0.1) is 10.1 Å². The summed E-state index contributed by atoms with van der Waals surface area (Å²) in [6.45, 7) is 1.00. The lowest BCUT2D eigenvalue weighted by Crippen LogP contribution is -2.15. The monoisotopic (exact) mass is 417 g/mol. The molecule has 8 nitrogen and oxygen atoms in total. The summed E-state index contributed by atoms with van der Waals surface area (Å²) in [4.78, 5) is 27.1. The highest BCUT2D eigenvalue weighted by molar-refractivity contribution is 7.14. The van der Waals surface area contributed by atoms with Crippen LogP contribution in [0.25, 0.3) is 11.3 Å². The molecule has 0 saturated carbocycles. The quantitative estimate of drug-likeness (QED) is 0.498. The molecular formula is C18H12ClN3O5S. The molecule has 1 aromatic heterocycles. The van der Waals surface area contributed by atoms with Crippen LogP contribution in [0.3, 0.4) is 0 Å². The van der Waals surface area contributed by atoms with E-state index < -0.39 is 10.8 Å². The van der Waals surface area contributed by atoms with Gasteiger partial charge in [0.05, 0.1) is 10.6 Å². The Bertz CT molecular complexity index is 1080. The highest BCUT2D eigenvalue weighted by Crippen LogP contribution is 2.35. The number of carbonyl (C=O) groups is 1. The Labute approximate surface area is 167 Å². The number of anilines is 1. The summed E-state index contributed by atoms with van der Waals surface area (Å²) in [6, 6.07) is 9.37. The number of nitro benzene ring substituents is 1. The van der Waals surface area contributed by atoms with Crippen LogP contribution in [0.2, 0.25) is 5.02 Å². The van der Waals surface area contributed by atoms with Gasteiger partial charge < -0.3 is 9.47 Å². The van der Waals surface area contributed by atoms with E-state index >= 15 is 0 Å². The van der Waals surface area contributed by atoms with Crippen molar-refractivity contribution >= 4 is 39.7 Å². The second-order valence-electron chi connectivity index (χ2n) is 5.77. The first-order valence-corrected chi connectivity index (χ1v) is 9.38. The van der Waals surface area contributed by atoms with E-state index in [-0.39, 0.29) is 16.3 Å². The number of benzene rings is 2. The minimum absolute atomic E-state index is 0.0308. The molecule has 1 aliphatic rings. The van der Waals surface area contributed by atoms with E-state index in [1.54, 1.807) is 5.38 Å². The van der Waals surface area contributed by atoms with Gasteiger partial charge in [-0.25, -0.2) is 4.98 Å². The molecule has 142 valence electrons. The van der Waals surface area contributed by atoms with Crippen LogP contribution in [0.15, 0.2) is 41.8 Å². The summed E-state index contributed by atoms with van der Waals surface area (Å²) in [7, 11) is 0. The third-order valence-corrected chi connectivity index (χ3v) is 5.04. The van der Waals surface area contributed by atoms with Gasteiger partial charge in [-0.05, 0) is 30.3 Å². The Morgan fingerprint density at radius 3 is 2.75 bits per heavy atom. The van der Waals surface area contributed by atoms with Crippen LogP contribution in [0.5, 0.6) is 11.5 Å². The predicted molar refractivity (Wildman–Crippen MR) is 105 cm³/mol. The molecular weight excluding hydrogens is 406 g/mol. The fourth-order valence-corrected chi connectivity index (χ4v) is 3.53. The summed E-state index contributed by atoms with van der Waals surface area (Å²) in [5.41, 5.74) is 1.28. The topological polar surface area (TPSA) is 104 Å². The first-order valence-electron chi connectivity index (χ1n) is 8.12. The van der Waals surface area contributed by atoms with Gasteiger partial charge in [0.1, 0.15) is 18.2 Å². The van der Waals surface area contributed by atoms with Crippen molar-refractivity contribution in [2.24, 2.45) is 0 Å². The molecule has 2 aromatic carbocycles. The Kier molecular flexibility index (Phi) is 4.84. The fourth-order valence-electron chi connectivity index (χ4n) is 2.63. The van der Waals surface area contributed by atoms with Gasteiger partial charge in [0.15, 0.2) is 16.6 Å². The van der Waals surface area contributed by atoms with Crippen molar-refractivity contribution in [1.82, 2.24) is 4.98 Å². The average molecular weight is 418 g/mol. The predicted octanol–water partition coefficient (Wildman–Crippen LogP) is 4.40. The van der Waals surface area contributed by atoms with Crippen molar-refractivity contribution < 1.29 is 19.2 Å². The molecule has 0 aliphatic carbocycles. The summed E-state index contributed by atoms with van der Waals surface area (Å²) >= 11 is 7.02. The smallest absolute Gasteiger partial charge is 0.288 e. The number of thiazole rings is 1. The van der Waals surface area contributed by atoms with Crippen molar-refractivity contribution in [2.75, 3.05) is 18.5 Å². The number of nitrogens with zero attached hydrogens (tertiary/aromatic N) is 2. The number of ether oxygens (including phenoxy) is 2. The first-order chi connectivity index (χ1) is 13.5. The second kappa shape index (κ2) is 7.45. The number of hydrogen-bond donors (Lipinski definition) is 1. The molecule has 0 fully saturated rings. The molecule has 1 aliphatic heterocycles. The summed E-state index contributed by atoms with van der Waals surface area (Å²) < 4.78 is 11.1. The lowest BCUT2D eigenvalue weighted by Gasteiger charge is -2.18. The molecule has 1 amide bonds. The highest BCUT2D eigenvalue weighted by atomic mass is 35.5. The van der Waals surface area contributed by atoms with E-state index in [2.05, 4.69) is 10.3 Å². The largest absolute Gasteiger partial charge is 0.486 e. The van der Waals surface area contributed by atoms with E-state index in [1.165, 1.54) is 23.5 Å². The highest BCUT2D eigenvalue weighted by Gasteiger charge is 2.18. The van der Waals surface area contributed by atoms with Gasteiger partial charge in [-0.15, -0.1) is 11.3 Å². The van der Waals surface area contributed by atoms with Crippen LogP contribution in [0.4, 0.5) is 10.8 Å². The average Bonchev–Trinajstić information content (AvgIpc) is 3.16. The molecule has 1 N–H and O–H groups in total. The molecule has 0 bridgehead atoms. The zero-order valence-electron chi connectivity index (χ0n) is 14.2. The Balaban J connectivity index is 1.53. The van der Waals surface area contributed by atoms with Gasteiger partial charge in [0.2, 0.25) is 0 Å². The Morgan fingerprint density at radius 1 is 1.18 bits per heavy atom. The Hall–Kier alpha value is -3.17. The minimum atomic E-state index is -0.636. The molecule has 0 saturated heterocycles. The lowest BCUT2D eigenvalue weighted by molar-refractivity contribution is -0.384. The maximum atomic E-state index is 12.4. The van der Waals surface area contributed by atoms with Crippen LogP contribution >= 0.6 is 22.9 Å². The van der Waals surface area contributed by atoms with Gasteiger partial charge in [0.25, 0.3) is 11.6 Å². The maximum absolute atomic E-state index is 12.4. The van der Waals surface area contributed by atoms with E-state index in [0.717, 1.165) is 11.6 Å². The number of halogens is 1. The van der Waals surface area contributed by atoms with E-state index in [9.17, 15) is 14.9 Å². The zero-order chi connectivity index (χ0) is 19.7. The molecule has 4 rings (SSSR count). The summed E-state index contributed by atoms with van der Waals surface area (Å²) in [5.74, 6) is 0.821. The van der Waals surface area contributed by atoms with Crippen LogP contribution in [-0.2, 0) is 0 Å². The number of aromatic nitrogens is 1. The first kappa shape index (κ1) is 18.2. The molecule has 3 aromatic rings. The van der Waals surface area contributed by atoms with Gasteiger partial charge >= 0.3 is 0 Å². The van der Waals surface area contributed by atoms with Crippen LogP contribution in [0.1, 0.15) is 10.4 Å². The van der Waals surface area contributed by atoms with Crippen LogP contribution < -0.4 is 14.8 Å². The summed E-state index contributed by atoms with van der Waals surface area (Å²) in [6.07, 6.45) is 0. The fraction of sp³-hybridized carbons (Fsp3) is 0.111. The molecule has 0 spiro atoms. The molecule has 28 heavy (non-hydrogen) atoms. The number of carbonyl (C=O) groups excluding carboxylic acids is 1. The number of amides is 1. The van der Waals surface area contributed by atoms with Gasteiger partial charge in [-0.1, -0.05) is 11.6 Å². The molecule has 0 atom stereocenters. The van der Waals surface area contributed by atoms with Crippen LogP contribution in [-0.4, -0.2) is 29.0 Å². The maximum Gasteiger partial charge on any atom is 0.288 e. The van der Waals surface area contributed by atoms with Crippen molar-refractivity contribution in [3.63, 3.8) is 0 Å². The summed E-state index contributed by atoms with van der Waals surface area (Å²) in [5, 5.41) is 15.8. The number of rotatable bonds is 4. The van der Waals surface area contributed by atoms with Gasteiger partial charge in [0, 0.05) is 22.6 Å². The van der Waals surface area contributed by atoms with Crippen molar-refractivity contribution in [3.8, 4) is 22.8 Å². The number of nitro groups is 1. The normalized spacial score (nSPS) is 12.5. The lowest BCUT2D eigenvalue weighted by atomic mass is 10.1. The van der Waals surface area contributed by atoms with E-state index in [0.29, 0.717) is 35.5 Å². The minimum Gasteiger partial charge on any atom is -0.486 e. The third-order valence-electron chi connectivity index (χ3n) is 3.97. The number of nitrogens with one attached hydrogen (secondary N) is 1. The zero-order valence-corrected chi connectivity index (χ0v) is 15.7. The standard InChI is InChI=1S/C18H12ClN3O5S/c19-12-3-1-11(7-14(12)22(24)25)17(23)21-18-20-13(9-28-18)10-2-4-15-16(8-10)27-6-5-26-15/h1-4,7-9H,5-6H2,(H,20,21,23). The number of fused-ring (bicyclic) bond motifs is 1.